The third-order valence-electron chi connectivity index (χ3n) is 13.1. The zero-order valence-corrected chi connectivity index (χ0v) is 36.7. The van der Waals surface area contributed by atoms with Crippen LogP contribution in [0.25, 0.3) is 21.8 Å². The number of aromatic nitrogens is 2. The quantitative estimate of drug-likeness (QED) is 0.175. The molecule has 0 atom stereocenters. The molecule has 0 bridgehead atoms. The number of para-hydroxylation sites is 1. The third kappa shape index (κ3) is 7.17. The molecule has 6 aromatic rings. The molecule has 0 unspecified atom stereocenters. The first kappa shape index (κ1) is 39.6. The van der Waals surface area contributed by atoms with Gasteiger partial charge in [0, 0.05) is 100 Å². The molecule has 9 heteroatoms. The Bertz CT molecular complexity index is 2570. The predicted molar refractivity (Wildman–Crippen MR) is 246 cm³/mol. The molecule has 0 saturated carbocycles. The van der Waals surface area contributed by atoms with Crippen LogP contribution in [-0.2, 0) is 20.3 Å². The summed E-state index contributed by atoms with van der Waals surface area (Å²) in [4.78, 5) is 19.6. The van der Waals surface area contributed by atoms with E-state index < -0.39 is 0 Å². The van der Waals surface area contributed by atoms with Gasteiger partial charge in [-0.3, -0.25) is 9.97 Å². The monoisotopic (exact) mass is 808 g/mol. The van der Waals surface area contributed by atoms with Crippen molar-refractivity contribution >= 4 is 67.5 Å². The summed E-state index contributed by atoms with van der Waals surface area (Å²) < 4.78 is 11.1. The molecular weight excluding hydrogens is 752 g/mol. The van der Waals surface area contributed by atoms with Crippen LogP contribution in [0, 0.1) is 27.7 Å². The number of fused-ring (bicyclic) bond motifs is 4. The molecule has 2 fully saturated rings. The van der Waals surface area contributed by atoms with E-state index in [4.69, 9.17) is 31.0 Å². The molecule has 0 radical (unpaired) electrons. The Morgan fingerprint density at radius 2 is 1.00 bits per heavy atom. The van der Waals surface area contributed by atoms with Crippen LogP contribution in [-0.4, -0.2) is 75.7 Å². The van der Waals surface area contributed by atoms with Crippen molar-refractivity contribution in [1.29, 1.82) is 0 Å². The molecule has 0 amide bonds. The summed E-state index contributed by atoms with van der Waals surface area (Å²) in [5.74, 6) is 0. The van der Waals surface area contributed by atoms with Crippen molar-refractivity contribution in [3.63, 3.8) is 0 Å². The molecule has 0 N–H and O–H groups in total. The van der Waals surface area contributed by atoms with Gasteiger partial charge in [0.15, 0.2) is 0 Å². The normalized spacial score (nSPS) is 18.3. The Balaban J connectivity index is 0.000000152. The van der Waals surface area contributed by atoms with E-state index in [2.05, 4.69) is 142 Å². The fourth-order valence-electron chi connectivity index (χ4n) is 9.74. The zero-order chi connectivity index (χ0) is 41.2. The summed E-state index contributed by atoms with van der Waals surface area (Å²) in [6, 6.07) is 28.5. The zero-order valence-electron chi connectivity index (χ0n) is 36.0. The Labute approximate surface area is 354 Å². The lowest BCUT2D eigenvalue weighted by molar-refractivity contribution is 0.122. The molecule has 4 aliphatic heterocycles. The molecule has 10 rings (SSSR count). The maximum absolute atomic E-state index is 6.41. The van der Waals surface area contributed by atoms with Crippen LogP contribution >= 0.6 is 11.6 Å². The van der Waals surface area contributed by atoms with Crippen molar-refractivity contribution in [2.75, 3.05) is 85.3 Å². The second kappa shape index (κ2) is 15.3. The number of nitrogens with zero attached hydrogens (tertiary/aromatic N) is 6. The molecular formula is C50H57ClN6O2. The molecule has 59 heavy (non-hydrogen) atoms. The molecule has 8 nitrogen and oxygen atoms in total. The molecule has 0 spiro atoms. The number of anilines is 6. The van der Waals surface area contributed by atoms with E-state index >= 15 is 0 Å². The van der Waals surface area contributed by atoms with E-state index in [-0.39, 0.29) is 10.8 Å². The number of benzene rings is 4. The summed E-state index contributed by atoms with van der Waals surface area (Å²) in [6.45, 7) is 26.9. The lowest BCUT2D eigenvalue weighted by Gasteiger charge is -2.30. The number of aryl methyl sites for hydroxylation is 2. The first-order chi connectivity index (χ1) is 28.3. The molecule has 4 aromatic carbocycles. The minimum Gasteiger partial charge on any atom is -0.378 e. The summed E-state index contributed by atoms with van der Waals surface area (Å²) in [6.07, 6.45) is 0. The van der Waals surface area contributed by atoms with E-state index in [9.17, 15) is 0 Å². The summed E-state index contributed by atoms with van der Waals surface area (Å²) in [5.41, 5.74) is 17.4. The number of hydrogen-bond acceptors (Lipinski definition) is 8. The molecule has 306 valence electrons. The highest BCUT2D eigenvalue weighted by molar-refractivity contribution is 6.31. The van der Waals surface area contributed by atoms with Gasteiger partial charge in [0.1, 0.15) is 0 Å². The Morgan fingerprint density at radius 3 is 1.51 bits per heavy atom. The average Bonchev–Trinajstić information content (AvgIpc) is 3.66. The van der Waals surface area contributed by atoms with Gasteiger partial charge in [-0.25, -0.2) is 0 Å². The van der Waals surface area contributed by atoms with Gasteiger partial charge in [-0.05, 0) is 98.5 Å². The highest BCUT2D eigenvalue weighted by atomic mass is 35.5. The van der Waals surface area contributed by atoms with E-state index in [1.165, 1.54) is 61.8 Å². The fraction of sp³-hybridized carbons (Fsp3) is 0.400. The van der Waals surface area contributed by atoms with Gasteiger partial charge in [-0.1, -0.05) is 69.6 Å². The van der Waals surface area contributed by atoms with Gasteiger partial charge in [0.25, 0.3) is 0 Å². The smallest absolute Gasteiger partial charge is 0.0727 e. The molecule has 2 saturated heterocycles. The first-order valence-electron chi connectivity index (χ1n) is 21.2. The van der Waals surface area contributed by atoms with Gasteiger partial charge >= 0.3 is 0 Å². The lowest BCUT2D eigenvalue weighted by Crippen LogP contribution is -2.36. The number of rotatable bonds is 4. The van der Waals surface area contributed by atoms with Crippen molar-refractivity contribution in [2.24, 2.45) is 0 Å². The highest BCUT2D eigenvalue weighted by Crippen LogP contribution is 2.50. The third-order valence-corrected chi connectivity index (χ3v) is 13.4. The van der Waals surface area contributed by atoms with Gasteiger partial charge in [-0.15, -0.1) is 0 Å². The minimum absolute atomic E-state index is 0.0629. The van der Waals surface area contributed by atoms with E-state index in [0.717, 1.165) is 98.5 Å². The second-order valence-electron chi connectivity index (χ2n) is 18.1. The predicted octanol–water partition coefficient (Wildman–Crippen LogP) is 10.9. The van der Waals surface area contributed by atoms with Crippen molar-refractivity contribution in [3.05, 3.63) is 118 Å². The van der Waals surface area contributed by atoms with Gasteiger partial charge in [0.2, 0.25) is 0 Å². The molecule has 0 aliphatic carbocycles. The maximum atomic E-state index is 6.41. The Kier molecular flexibility index (Phi) is 10.3. The number of halogens is 1. The summed E-state index contributed by atoms with van der Waals surface area (Å²) in [7, 11) is 0. The maximum Gasteiger partial charge on any atom is 0.0727 e. The largest absolute Gasteiger partial charge is 0.378 e. The fourth-order valence-corrected chi connectivity index (χ4v) is 9.91. The SMILES string of the molecule is Cc1nc2ccc(Cl)cc2c(N2CC(C)(C)c3ccc(N4CCOCC4)cc32)c1C.Cc1nc2ccccc2c(N2CC(C)(C)c3ccc(N4CCOCC4)cc32)c1C. The number of pyridine rings is 2. The standard InChI is InChI=1S/C25H28ClN3O.C25H29N3O/c1-16-17(2)27-22-8-5-18(26)13-20(22)24(16)29-15-25(3,4)21-7-6-19(14-23(21)29)28-9-11-30-12-10-28;1-17-18(2)26-22-8-6-5-7-20(22)24(17)28-16-25(3,4)21-10-9-19(15-23(21)28)27-11-13-29-14-12-27/h5-8,13-14H,9-12,15H2,1-4H3;5-10,15H,11-14,16H2,1-4H3. The van der Waals surface area contributed by atoms with E-state index in [1.807, 2.05) is 12.1 Å². The molecule has 4 aliphatic rings. The van der Waals surface area contributed by atoms with Gasteiger partial charge in [0.05, 0.1) is 48.8 Å². The van der Waals surface area contributed by atoms with Crippen LogP contribution in [0.1, 0.15) is 61.3 Å². The van der Waals surface area contributed by atoms with Crippen LogP contribution in [0.4, 0.5) is 34.1 Å². The van der Waals surface area contributed by atoms with Gasteiger partial charge in [-0.2, -0.15) is 0 Å². The van der Waals surface area contributed by atoms with Crippen molar-refractivity contribution in [1.82, 2.24) is 9.97 Å². The molecule has 2 aromatic heterocycles. The van der Waals surface area contributed by atoms with Crippen LogP contribution in [0.3, 0.4) is 0 Å². The number of hydrogen-bond donors (Lipinski definition) is 0. The second-order valence-corrected chi connectivity index (χ2v) is 18.5. The Hall–Kier alpha value is -4.89. The average molecular weight is 809 g/mol. The van der Waals surface area contributed by atoms with Crippen LogP contribution < -0.4 is 19.6 Å². The summed E-state index contributed by atoms with van der Waals surface area (Å²) >= 11 is 6.41. The van der Waals surface area contributed by atoms with E-state index in [0.29, 0.717) is 0 Å². The number of morpholine rings is 2. The molecule has 6 heterocycles. The first-order valence-corrected chi connectivity index (χ1v) is 21.6. The van der Waals surface area contributed by atoms with Crippen LogP contribution in [0.5, 0.6) is 0 Å². The van der Waals surface area contributed by atoms with Crippen LogP contribution in [0.2, 0.25) is 5.02 Å². The highest BCUT2D eigenvalue weighted by Gasteiger charge is 2.39. The van der Waals surface area contributed by atoms with Crippen molar-refractivity contribution in [3.8, 4) is 0 Å². The van der Waals surface area contributed by atoms with E-state index in [1.54, 1.807) is 0 Å². The Morgan fingerprint density at radius 1 is 0.542 bits per heavy atom. The van der Waals surface area contributed by atoms with Crippen molar-refractivity contribution in [2.45, 2.75) is 66.2 Å². The summed E-state index contributed by atoms with van der Waals surface area (Å²) in [5, 5.41) is 3.09. The number of ether oxygens (including phenoxy) is 2. The van der Waals surface area contributed by atoms with Gasteiger partial charge < -0.3 is 29.1 Å². The minimum atomic E-state index is 0.0629. The van der Waals surface area contributed by atoms with Crippen LogP contribution in [0.15, 0.2) is 78.9 Å². The lowest BCUT2D eigenvalue weighted by atomic mass is 9.87. The topological polar surface area (TPSA) is 57.2 Å². The van der Waals surface area contributed by atoms with Crippen molar-refractivity contribution < 1.29 is 9.47 Å².